The Bertz CT molecular complexity index is 1000. The quantitative estimate of drug-likeness (QED) is 0.520. The maximum Gasteiger partial charge on any atom is 0.407 e. The monoisotopic (exact) mass is 419 g/mol. The molecule has 1 aliphatic carbocycles. The summed E-state index contributed by atoms with van der Waals surface area (Å²) in [6.07, 6.45) is 3.78. The van der Waals surface area contributed by atoms with Crippen LogP contribution in [0.2, 0.25) is 0 Å². The Kier molecular flexibility index (Phi) is 6.82. The smallest absolute Gasteiger partial charge is 0.407 e. The zero-order chi connectivity index (χ0) is 21.5. The maximum atomic E-state index is 12.0. The molecule has 0 bridgehead atoms. The molecule has 0 spiro atoms. The number of nitrogens with zero attached hydrogens (tertiary/aromatic N) is 2. The Morgan fingerprint density at radius 2 is 1.74 bits per heavy atom. The van der Waals surface area contributed by atoms with E-state index in [1.165, 1.54) is 0 Å². The van der Waals surface area contributed by atoms with E-state index in [9.17, 15) is 4.79 Å². The van der Waals surface area contributed by atoms with E-state index >= 15 is 0 Å². The molecule has 2 aromatic carbocycles. The van der Waals surface area contributed by atoms with Gasteiger partial charge < -0.3 is 20.7 Å². The normalized spacial score (nSPS) is 18.4. The molecular formula is C24H29N5O2. The number of hydrogen-bond acceptors (Lipinski definition) is 6. The SMILES string of the molecule is CNc1nc(N[C@H]2CC[C@@H](CNC(=O)OCc3ccccc3)CC2)nc2ccccc12. The summed E-state index contributed by atoms with van der Waals surface area (Å²) in [5, 5.41) is 10.6. The molecule has 0 aliphatic heterocycles. The Morgan fingerprint density at radius 3 is 2.52 bits per heavy atom. The summed E-state index contributed by atoms with van der Waals surface area (Å²) in [5.41, 5.74) is 1.91. The van der Waals surface area contributed by atoms with Crippen LogP contribution >= 0.6 is 0 Å². The van der Waals surface area contributed by atoms with Crippen LogP contribution in [0.3, 0.4) is 0 Å². The fraction of sp³-hybridized carbons (Fsp3) is 0.375. The van der Waals surface area contributed by atoms with E-state index in [1.807, 2.05) is 61.6 Å². The van der Waals surface area contributed by atoms with Crippen LogP contribution < -0.4 is 16.0 Å². The summed E-state index contributed by atoms with van der Waals surface area (Å²) in [6.45, 7) is 0.945. The third-order valence-corrected chi connectivity index (χ3v) is 5.77. The van der Waals surface area contributed by atoms with Crippen molar-refractivity contribution in [3.63, 3.8) is 0 Å². The summed E-state index contributed by atoms with van der Waals surface area (Å²) in [4.78, 5) is 21.3. The Labute approximate surface area is 182 Å². The van der Waals surface area contributed by atoms with Gasteiger partial charge in [-0.25, -0.2) is 9.78 Å². The van der Waals surface area contributed by atoms with Crippen LogP contribution in [0.5, 0.6) is 0 Å². The van der Waals surface area contributed by atoms with Crippen LogP contribution in [0.1, 0.15) is 31.2 Å². The highest BCUT2D eigenvalue weighted by Gasteiger charge is 2.22. The Morgan fingerprint density at radius 1 is 1.00 bits per heavy atom. The van der Waals surface area contributed by atoms with Crippen molar-refractivity contribution in [1.82, 2.24) is 15.3 Å². The van der Waals surface area contributed by atoms with Gasteiger partial charge >= 0.3 is 6.09 Å². The predicted molar refractivity (Wildman–Crippen MR) is 123 cm³/mol. The molecule has 3 N–H and O–H groups in total. The molecule has 162 valence electrons. The number of ether oxygens (including phenoxy) is 1. The average Bonchev–Trinajstić information content (AvgIpc) is 2.82. The fourth-order valence-electron chi connectivity index (χ4n) is 4.03. The van der Waals surface area contributed by atoms with Crippen molar-refractivity contribution in [3.8, 4) is 0 Å². The molecule has 7 heteroatoms. The first-order valence-corrected chi connectivity index (χ1v) is 10.9. The second-order valence-electron chi connectivity index (χ2n) is 7.97. The number of hydrogen-bond donors (Lipinski definition) is 3. The van der Waals surface area contributed by atoms with Crippen molar-refractivity contribution in [2.45, 2.75) is 38.3 Å². The van der Waals surface area contributed by atoms with Crippen LogP contribution in [0.25, 0.3) is 10.9 Å². The van der Waals surface area contributed by atoms with Crippen LogP contribution in [0.15, 0.2) is 54.6 Å². The van der Waals surface area contributed by atoms with E-state index in [0.717, 1.165) is 48.0 Å². The standard InChI is InChI=1S/C24H29N5O2/c1-25-22-20-9-5-6-10-21(20)28-23(29-22)27-19-13-11-17(12-14-19)15-26-24(30)31-16-18-7-3-2-4-8-18/h2-10,17,19H,11-16H2,1H3,(H,26,30)(H2,25,27,28,29)/t17-,19+. The lowest BCUT2D eigenvalue weighted by atomic mass is 9.86. The number of carbonyl (C=O) groups is 1. The van der Waals surface area contributed by atoms with Gasteiger partial charge in [-0.1, -0.05) is 42.5 Å². The molecule has 1 heterocycles. The fourth-order valence-corrected chi connectivity index (χ4v) is 4.03. The highest BCUT2D eigenvalue weighted by molar-refractivity contribution is 5.89. The zero-order valence-electron chi connectivity index (χ0n) is 17.8. The van der Waals surface area contributed by atoms with Gasteiger partial charge in [0.25, 0.3) is 0 Å². The molecule has 3 aromatic rings. The number of nitrogens with one attached hydrogen (secondary N) is 3. The molecule has 1 aliphatic rings. The first-order valence-electron chi connectivity index (χ1n) is 10.9. The largest absolute Gasteiger partial charge is 0.445 e. The van der Waals surface area contributed by atoms with Crippen molar-refractivity contribution >= 4 is 28.8 Å². The maximum absolute atomic E-state index is 12.0. The third-order valence-electron chi connectivity index (χ3n) is 5.77. The topological polar surface area (TPSA) is 88.2 Å². The predicted octanol–water partition coefficient (Wildman–Crippen LogP) is 4.57. The number of rotatable bonds is 7. The highest BCUT2D eigenvalue weighted by Crippen LogP contribution is 2.27. The molecule has 0 atom stereocenters. The van der Waals surface area contributed by atoms with Gasteiger partial charge in [0.05, 0.1) is 5.52 Å². The molecule has 1 fully saturated rings. The van der Waals surface area contributed by atoms with E-state index in [4.69, 9.17) is 4.74 Å². The number of benzene rings is 2. The summed E-state index contributed by atoms with van der Waals surface area (Å²) in [5.74, 6) is 1.96. The minimum Gasteiger partial charge on any atom is -0.445 e. The van der Waals surface area contributed by atoms with E-state index in [2.05, 4.69) is 25.9 Å². The minimum absolute atomic E-state index is 0.295. The molecule has 31 heavy (non-hydrogen) atoms. The molecule has 1 saturated carbocycles. The number of alkyl carbamates (subject to hydrolysis) is 1. The second-order valence-corrected chi connectivity index (χ2v) is 7.97. The van der Waals surface area contributed by atoms with Gasteiger partial charge in [0, 0.05) is 25.0 Å². The van der Waals surface area contributed by atoms with E-state index in [0.29, 0.717) is 31.1 Å². The molecule has 4 rings (SSSR count). The van der Waals surface area contributed by atoms with Gasteiger partial charge in [0.2, 0.25) is 5.95 Å². The minimum atomic E-state index is -0.353. The van der Waals surface area contributed by atoms with Crippen LogP contribution in [0.4, 0.5) is 16.6 Å². The van der Waals surface area contributed by atoms with Gasteiger partial charge in [-0.3, -0.25) is 0 Å². The molecule has 1 amide bonds. The number of anilines is 2. The van der Waals surface area contributed by atoms with Gasteiger partial charge in [-0.2, -0.15) is 4.98 Å². The first kappa shape index (κ1) is 20.9. The zero-order valence-corrected chi connectivity index (χ0v) is 17.8. The van der Waals surface area contributed by atoms with E-state index in [-0.39, 0.29) is 6.09 Å². The van der Waals surface area contributed by atoms with Crippen molar-refractivity contribution < 1.29 is 9.53 Å². The lowest BCUT2D eigenvalue weighted by molar-refractivity contribution is 0.136. The molecule has 0 saturated heterocycles. The average molecular weight is 420 g/mol. The van der Waals surface area contributed by atoms with E-state index in [1.54, 1.807) is 0 Å². The van der Waals surface area contributed by atoms with Crippen molar-refractivity contribution in [2.24, 2.45) is 5.92 Å². The van der Waals surface area contributed by atoms with Crippen LogP contribution in [0, 0.1) is 5.92 Å². The van der Waals surface area contributed by atoms with Crippen molar-refractivity contribution in [1.29, 1.82) is 0 Å². The number of fused-ring (bicyclic) bond motifs is 1. The molecule has 0 unspecified atom stereocenters. The molecule has 1 aromatic heterocycles. The van der Waals surface area contributed by atoms with Gasteiger partial charge in [-0.15, -0.1) is 0 Å². The lowest BCUT2D eigenvalue weighted by Crippen LogP contribution is -2.34. The van der Waals surface area contributed by atoms with Crippen LogP contribution in [-0.2, 0) is 11.3 Å². The number of amides is 1. The van der Waals surface area contributed by atoms with Crippen molar-refractivity contribution in [3.05, 3.63) is 60.2 Å². The summed E-state index contributed by atoms with van der Waals surface area (Å²) >= 11 is 0. The Hall–Kier alpha value is -3.35. The number of para-hydroxylation sites is 1. The van der Waals surface area contributed by atoms with Gasteiger partial charge in [-0.05, 0) is 49.3 Å². The first-order chi connectivity index (χ1) is 15.2. The second kappa shape index (κ2) is 10.1. The molecule has 7 nitrogen and oxygen atoms in total. The number of carbonyl (C=O) groups excluding carboxylic acids is 1. The highest BCUT2D eigenvalue weighted by atomic mass is 16.5. The summed E-state index contributed by atoms with van der Waals surface area (Å²) in [6, 6.07) is 18.1. The summed E-state index contributed by atoms with van der Waals surface area (Å²) < 4.78 is 5.29. The number of aromatic nitrogens is 2. The van der Waals surface area contributed by atoms with Crippen molar-refractivity contribution in [2.75, 3.05) is 24.2 Å². The lowest BCUT2D eigenvalue weighted by Gasteiger charge is -2.29. The molecular weight excluding hydrogens is 390 g/mol. The molecule has 0 radical (unpaired) electrons. The van der Waals surface area contributed by atoms with Gasteiger partial charge in [0.1, 0.15) is 12.4 Å². The third kappa shape index (κ3) is 5.63. The summed E-state index contributed by atoms with van der Waals surface area (Å²) in [7, 11) is 1.88. The van der Waals surface area contributed by atoms with E-state index < -0.39 is 0 Å². The van der Waals surface area contributed by atoms with Gasteiger partial charge in [0.15, 0.2) is 0 Å². The van der Waals surface area contributed by atoms with Crippen LogP contribution in [-0.4, -0.2) is 35.7 Å². The Balaban J connectivity index is 1.22.